The molecule has 0 atom stereocenters. The van der Waals surface area contributed by atoms with E-state index in [0.29, 0.717) is 0 Å². The van der Waals surface area contributed by atoms with Gasteiger partial charge in [-0.1, -0.05) is 135 Å². The quantitative estimate of drug-likeness (QED) is 0.143. The molecule has 0 bridgehead atoms. The summed E-state index contributed by atoms with van der Waals surface area (Å²) in [7, 11) is 0. The van der Waals surface area contributed by atoms with E-state index >= 15 is 0 Å². The maximum Gasteiger partial charge on any atom is 0.0636 e. The first-order chi connectivity index (χ1) is 31.1. The summed E-state index contributed by atoms with van der Waals surface area (Å²) in [6, 6.07) is -18.3. The highest BCUT2D eigenvalue weighted by Crippen LogP contribution is 2.49. The van der Waals surface area contributed by atoms with Gasteiger partial charge in [0.2, 0.25) is 0 Å². The number of benzene rings is 8. The zero-order chi connectivity index (χ0) is 49.6. The van der Waals surface area contributed by atoms with E-state index in [1.54, 1.807) is 13.8 Å². The molecule has 0 unspecified atom stereocenters. The summed E-state index contributed by atoms with van der Waals surface area (Å²) in [5.41, 5.74) is -4.08. The molecule has 43 heavy (non-hydrogen) atoms. The first-order valence-corrected chi connectivity index (χ1v) is 13.2. The lowest BCUT2D eigenvalue weighted by Crippen LogP contribution is -2.14. The van der Waals surface area contributed by atoms with Crippen LogP contribution in [0.3, 0.4) is 0 Å². The second-order valence-electron chi connectivity index (χ2n) is 10.6. The molecule has 202 valence electrons. The smallest absolute Gasteiger partial charge is 0.0619 e. The number of fused-ring (bicyclic) bond motifs is 8. The molecule has 0 heterocycles. The Balaban J connectivity index is 1.47. The van der Waals surface area contributed by atoms with Crippen LogP contribution >= 0.6 is 0 Å². The van der Waals surface area contributed by atoms with Gasteiger partial charge in [-0.3, -0.25) is 0 Å². The standard InChI is InChI=1S/C43H30/c1-43(2)40-14-8-7-13-36(40)37-21-20-31(26-41(37)43)29-15-16-30-24-33(18-17-28(30)23-29)42-35-12-6-4-10-32(35)25-39-34-11-5-3-9-27(34)19-22-38(39)42/h3-26H,1-2H3/i3D,4D,5D,6D,7D,8D,9D,10D,11D,12D,13D,14D,15D,16D,17D,18D,19D,20D,21D,22D,23D,24D,25D,26D. The van der Waals surface area contributed by atoms with Crippen LogP contribution in [0.1, 0.15) is 57.9 Å². The second-order valence-corrected chi connectivity index (χ2v) is 10.6. The second kappa shape index (κ2) is 8.90. The topological polar surface area (TPSA) is 0 Å². The van der Waals surface area contributed by atoms with Crippen molar-refractivity contribution in [1.29, 1.82) is 0 Å². The molecule has 0 aromatic heterocycles. The predicted molar refractivity (Wildman–Crippen MR) is 185 cm³/mol. The summed E-state index contributed by atoms with van der Waals surface area (Å²) < 4.78 is 216. The molecule has 0 nitrogen and oxygen atoms in total. The highest BCUT2D eigenvalue weighted by molar-refractivity contribution is 6.20. The van der Waals surface area contributed by atoms with Gasteiger partial charge < -0.3 is 0 Å². The predicted octanol–water partition coefficient (Wildman–Crippen LogP) is 11.9. The lowest BCUT2D eigenvalue weighted by molar-refractivity contribution is 0.660. The molecule has 0 saturated carbocycles. The third kappa shape index (κ3) is 3.57. The van der Waals surface area contributed by atoms with E-state index in [1.807, 2.05) is 0 Å². The van der Waals surface area contributed by atoms with Gasteiger partial charge in [-0.25, -0.2) is 0 Å². The molecule has 1 aliphatic rings. The van der Waals surface area contributed by atoms with Crippen LogP contribution in [-0.2, 0) is 5.41 Å². The summed E-state index contributed by atoms with van der Waals surface area (Å²) >= 11 is 0. The van der Waals surface area contributed by atoms with Crippen LogP contribution in [0.2, 0.25) is 0 Å². The molecule has 0 saturated heterocycles. The fraction of sp³-hybridized carbons (Fsp3) is 0.0698. The molecule has 8 aromatic rings. The van der Waals surface area contributed by atoms with Crippen LogP contribution in [0.5, 0.6) is 0 Å². The van der Waals surface area contributed by atoms with E-state index in [-0.39, 0.29) is 22.3 Å². The van der Waals surface area contributed by atoms with E-state index in [0.717, 1.165) is 0 Å². The van der Waals surface area contributed by atoms with Crippen LogP contribution < -0.4 is 0 Å². The maximum absolute atomic E-state index is 9.66. The highest BCUT2D eigenvalue weighted by atomic mass is 14.4. The number of hydrogen-bond acceptors (Lipinski definition) is 0. The van der Waals surface area contributed by atoms with Crippen LogP contribution in [0.15, 0.2) is 145 Å². The molecule has 0 amide bonds. The van der Waals surface area contributed by atoms with Gasteiger partial charge in [0.15, 0.2) is 0 Å². The maximum atomic E-state index is 9.66. The van der Waals surface area contributed by atoms with Crippen LogP contribution in [0, 0.1) is 0 Å². The van der Waals surface area contributed by atoms with E-state index < -0.39 is 216 Å². The van der Waals surface area contributed by atoms with Crippen molar-refractivity contribution in [3.05, 3.63) is 156 Å². The normalized spacial score (nSPS) is 21.3. The van der Waals surface area contributed by atoms with E-state index in [2.05, 4.69) is 0 Å². The van der Waals surface area contributed by atoms with Gasteiger partial charge in [0.25, 0.3) is 0 Å². The van der Waals surface area contributed by atoms with Crippen LogP contribution in [-0.4, -0.2) is 0 Å². The summed E-state index contributed by atoms with van der Waals surface area (Å²) in [6.45, 7) is 3.10. The van der Waals surface area contributed by atoms with Gasteiger partial charge in [0.05, 0.1) is 32.9 Å². The largest absolute Gasteiger partial charge is 0.0636 e. The Kier molecular flexibility index (Phi) is 2.17. The lowest BCUT2D eigenvalue weighted by atomic mass is 9.81. The van der Waals surface area contributed by atoms with Crippen molar-refractivity contribution in [2.75, 3.05) is 0 Å². The SMILES string of the molecule is [2H]c1c([2H])c([2H])c2c(c1[2H])-c1c([2H])c([2H])c(-c3c([2H])c([2H])c4c([2H])c(-c5c6c([2H])c([2H])c([2H])c([2H])c6c([2H])c6c5c([2H])c([2H])c5c([2H])c([2H])c([2H])c([2H])c56)c([2H])c([2H])c4c3[2H])c([2H])c1C2(C)C. The third-order valence-corrected chi connectivity index (χ3v) is 7.81. The summed E-state index contributed by atoms with van der Waals surface area (Å²) in [5, 5.41) is -4.45. The molecule has 8 aromatic carbocycles. The average Bonchev–Trinajstić information content (AvgIpc) is 3.53. The Morgan fingerprint density at radius 1 is 0.395 bits per heavy atom. The Labute approximate surface area is 285 Å². The number of hydrogen-bond donors (Lipinski definition) is 0. The fourth-order valence-electron chi connectivity index (χ4n) is 5.72. The monoisotopic (exact) mass is 570 g/mol. The fourth-order valence-corrected chi connectivity index (χ4v) is 5.72. The molecular formula is C43H30. The molecule has 9 rings (SSSR count). The average molecular weight is 571 g/mol. The van der Waals surface area contributed by atoms with Crippen molar-refractivity contribution in [3.8, 4) is 33.4 Å². The molecule has 0 aliphatic heterocycles. The van der Waals surface area contributed by atoms with Gasteiger partial charge in [0.1, 0.15) is 0 Å². The molecule has 0 radical (unpaired) electrons. The highest BCUT2D eigenvalue weighted by Gasteiger charge is 2.35. The van der Waals surface area contributed by atoms with Gasteiger partial charge in [-0.05, 0) is 112 Å². The summed E-state index contributed by atoms with van der Waals surface area (Å²) in [6.07, 6.45) is 0. The van der Waals surface area contributed by atoms with Crippen molar-refractivity contribution < 1.29 is 32.9 Å². The van der Waals surface area contributed by atoms with Gasteiger partial charge in [-0.15, -0.1) is 0 Å². The van der Waals surface area contributed by atoms with Crippen molar-refractivity contribution in [1.82, 2.24) is 0 Å². The minimum Gasteiger partial charge on any atom is -0.0619 e. The molecule has 0 N–H and O–H groups in total. The first kappa shape index (κ1) is 10.5. The van der Waals surface area contributed by atoms with Crippen LogP contribution in [0.4, 0.5) is 0 Å². The van der Waals surface area contributed by atoms with E-state index in [9.17, 15) is 13.7 Å². The molecular weight excluding hydrogens is 516 g/mol. The Bertz CT molecular complexity index is 3760. The zero-order valence-electron chi connectivity index (χ0n) is 46.5. The van der Waals surface area contributed by atoms with Crippen molar-refractivity contribution >= 4 is 43.1 Å². The van der Waals surface area contributed by atoms with Crippen molar-refractivity contribution in [2.24, 2.45) is 0 Å². The number of rotatable bonds is 2. The zero-order valence-corrected chi connectivity index (χ0v) is 22.5. The summed E-state index contributed by atoms with van der Waals surface area (Å²) in [5.74, 6) is 0. The van der Waals surface area contributed by atoms with Gasteiger partial charge in [0, 0.05) is 5.41 Å². The Morgan fingerprint density at radius 3 is 1.86 bits per heavy atom. The van der Waals surface area contributed by atoms with Crippen molar-refractivity contribution in [2.45, 2.75) is 19.3 Å². The minimum absolute atomic E-state index is 0.0294. The third-order valence-electron chi connectivity index (χ3n) is 7.81. The van der Waals surface area contributed by atoms with Crippen molar-refractivity contribution in [3.63, 3.8) is 0 Å². The van der Waals surface area contributed by atoms with Gasteiger partial charge >= 0.3 is 0 Å². The molecule has 0 spiro atoms. The summed E-state index contributed by atoms with van der Waals surface area (Å²) in [4.78, 5) is 0. The van der Waals surface area contributed by atoms with E-state index in [1.165, 1.54) is 0 Å². The van der Waals surface area contributed by atoms with Crippen LogP contribution in [0.25, 0.3) is 76.5 Å². The Hall–Kier alpha value is -5.20. The van der Waals surface area contributed by atoms with Gasteiger partial charge in [-0.2, -0.15) is 0 Å². The Morgan fingerprint density at radius 2 is 1.00 bits per heavy atom. The first-order valence-electron chi connectivity index (χ1n) is 25.2. The lowest BCUT2D eigenvalue weighted by Gasteiger charge is -2.22. The van der Waals surface area contributed by atoms with E-state index in [4.69, 9.17) is 19.2 Å². The molecule has 0 fully saturated rings. The molecule has 1 aliphatic carbocycles. The minimum atomic E-state index is -1.41. The molecule has 0 heteroatoms.